The maximum absolute atomic E-state index is 8.76. The summed E-state index contributed by atoms with van der Waals surface area (Å²) in [5, 5.41) is 8.76. The van der Waals surface area contributed by atoms with Gasteiger partial charge in [-0.05, 0) is 41.8 Å². The molecule has 2 aromatic rings. The van der Waals surface area contributed by atoms with Crippen LogP contribution in [0, 0.1) is 11.3 Å². The van der Waals surface area contributed by atoms with Crippen LogP contribution in [0.15, 0.2) is 42.6 Å². The van der Waals surface area contributed by atoms with E-state index in [9.17, 15) is 0 Å². The molecule has 3 nitrogen and oxygen atoms in total. The predicted molar refractivity (Wildman–Crippen MR) is 69.1 cm³/mol. The molecule has 0 aliphatic carbocycles. The Hall–Kier alpha value is -2.34. The van der Waals surface area contributed by atoms with Gasteiger partial charge in [0.2, 0.25) is 0 Å². The summed E-state index contributed by atoms with van der Waals surface area (Å²) < 4.78 is 5.70. The van der Waals surface area contributed by atoms with Crippen LogP contribution in [-0.2, 0) is 13.0 Å². The fourth-order valence-corrected chi connectivity index (χ4v) is 1.65. The largest absolute Gasteiger partial charge is 0.489 e. The summed E-state index contributed by atoms with van der Waals surface area (Å²) >= 11 is 0. The fraction of sp³-hybridized carbons (Fsp3) is 0.200. The molecule has 0 atom stereocenters. The number of nitrogens with zero attached hydrogens (tertiary/aromatic N) is 2. The highest BCUT2D eigenvalue weighted by Crippen LogP contribution is 2.15. The molecule has 1 aromatic heterocycles. The van der Waals surface area contributed by atoms with E-state index in [2.05, 4.69) is 18.0 Å². The molecule has 0 amide bonds. The van der Waals surface area contributed by atoms with Crippen LogP contribution in [0.5, 0.6) is 5.75 Å². The minimum Gasteiger partial charge on any atom is -0.489 e. The van der Waals surface area contributed by atoms with Crippen LogP contribution in [0.2, 0.25) is 0 Å². The van der Waals surface area contributed by atoms with Crippen LogP contribution in [0.3, 0.4) is 0 Å². The molecule has 2 rings (SSSR count). The molecule has 0 fully saturated rings. The summed E-state index contributed by atoms with van der Waals surface area (Å²) in [4.78, 5) is 3.92. The summed E-state index contributed by atoms with van der Waals surface area (Å²) in [6, 6.07) is 13.6. The van der Waals surface area contributed by atoms with E-state index in [1.165, 1.54) is 5.56 Å². The number of hydrogen-bond acceptors (Lipinski definition) is 3. The number of nitriles is 1. The van der Waals surface area contributed by atoms with E-state index < -0.39 is 0 Å². The van der Waals surface area contributed by atoms with Crippen LogP contribution in [0.25, 0.3) is 0 Å². The molecule has 3 heteroatoms. The highest BCUT2D eigenvalue weighted by atomic mass is 16.5. The lowest BCUT2D eigenvalue weighted by molar-refractivity contribution is 0.306. The lowest BCUT2D eigenvalue weighted by atomic mass is 10.2. The summed E-state index contributed by atoms with van der Waals surface area (Å²) in [5.74, 6) is 0.852. The van der Waals surface area contributed by atoms with Gasteiger partial charge in [-0.15, -0.1) is 0 Å². The van der Waals surface area contributed by atoms with Crippen molar-refractivity contribution in [1.29, 1.82) is 5.26 Å². The number of aromatic nitrogens is 1. The van der Waals surface area contributed by atoms with Crippen LogP contribution < -0.4 is 4.74 Å². The molecule has 0 saturated carbocycles. The van der Waals surface area contributed by atoms with Crippen LogP contribution in [-0.4, -0.2) is 4.98 Å². The molecule has 0 aliphatic rings. The highest BCUT2D eigenvalue weighted by Gasteiger charge is 1.99. The molecule has 0 radical (unpaired) electrons. The van der Waals surface area contributed by atoms with Gasteiger partial charge in [-0.3, -0.25) is 0 Å². The Balaban J connectivity index is 2.04. The molecular formula is C15H14N2O. The molecule has 1 aromatic carbocycles. The van der Waals surface area contributed by atoms with E-state index in [1.807, 2.05) is 30.3 Å². The molecule has 0 spiro atoms. The van der Waals surface area contributed by atoms with E-state index >= 15 is 0 Å². The lowest BCUT2D eigenvalue weighted by Crippen LogP contribution is -1.97. The van der Waals surface area contributed by atoms with E-state index in [0.717, 1.165) is 17.7 Å². The SMILES string of the molecule is CCc1cccc(OCc2ccnc(C#N)c2)c1. The maximum Gasteiger partial charge on any atom is 0.140 e. The Morgan fingerprint density at radius 1 is 1.22 bits per heavy atom. The average molecular weight is 238 g/mol. The molecule has 0 unspecified atom stereocenters. The second-order valence-corrected chi connectivity index (χ2v) is 3.95. The third-order valence-corrected chi connectivity index (χ3v) is 2.65. The third-order valence-electron chi connectivity index (χ3n) is 2.65. The van der Waals surface area contributed by atoms with Gasteiger partial charge in [0.05, 0.1) is 0 Å². The Morgan fingerprint density at radius 3 is 2.89 bits per heavy atom. The maximum atomic E-state index is 8.76. The molecule has 0 N–H and O–H groups in total. The quantitative estimate of drug-likeness (QED) is 0.822. The Kier molecular flexibility index (Phi) is 3.93. The molecule has 0 aliphatic heterocycles. The summed E-state index contributed by atoms with van der Waals surface area (Å²) in [5.41, 5.74) is 2.61. The van der Waals surface area contributed by atoms with Gasteiger partial charge in [0, 0.05) is 6.20 Å². The van der Waals surface area contributed by atoms with Crippen molar-refractivity contribution in [2.24, 2.45) is 0 Å². The molecule has 0 saturated heterocycles. The van der Waals surface area contributed by atoms with Crippen LogP contribution in [0.1, 0.15) is 23.7 Å². The molecule has 90 valence electrons. The molecule has 0 bridgehead atoms. The van der Waals surface area contributed by atoms with Gasteiger partial charge in [-0.25, -0.2) is 4.98 Å². The van der Waals surface area contributed by atoms with Crippen molar-refractivity contribution in [2.75, 3.05) is 0 Å². The van der Waals surface area contributed by atoms with Gasteiger partial charge in [0.15, 0.2) is 0 Å². The zero-order valence-electron chi connectivity index (χ0n) is 10.3. The van der Waals surface area contributed by atoms with Crippen LogP contribution >= 0.6 is 0 Å². The normalized spacial score (nSPS) is 9.78. The Bertz CT molecular complexity index is 573. The summed E-state index contributed by atoms with van der Waals surface area (Å²) in [6.07, 6.45) is 2.62. The van der Waals surface area contributed by atoms with Crippen molar-refractivity contribution in [3.8, 4) is 11.8 Å². The van der Waals surface area contributed by atoms with E-state index in [1.54, 1.807) is 12.3 Å². The summed E-state index contributed by atoms with van der Waals surface area (Å²) in [7, 11) is 0. The minimum absolute atomic E-state index is 0.415. The van der Waals surface area contributed by atoms with Gasteiger partial charge in [-0.2, -0.15) is 5.26 Å². The number of pyridine rings is 1. The van der Waals surface area contributed by atoms with Gasteiger partial charge in [-0.1, -0.05) is 19.1 Å². The van der Waals surface area contributed by atoms with Crippen molar-refractivity contribution in [3.63, 3.8) is 0 Å². The van der Waals surface area contributed by atoms with Gasteiger partial charge < -0.3 is 4.74 Å². The number of aryl methyl sites for hydroxylation is 1. The predicted octanol–water partition coefficient (Wildman–Crippen LogP) is 3.09. The Labute approximate surface area is 107 Å². The number of ether oxygens (including phenoxy) is 1. The standard InChI is InChI=1S/C15H14N2O/c1-2-12-4-3-5-15(9-12)18-11-13-6-7-17-14(8-13)10-16/h3-9H,2,11H2,1H3. The number of benzene rings is 1. The summed E-state index contributed by atoms with van der Waals surface area (Å²) in [6.45, 7) is 2.56. The smallest absolute Gasteiger partial charge is 0.140 e. The molecular weight excluding hydrogens is 224 g/mol. The van der Waals surface area contributed by atoms with Crippen molar-refractivity contribution in [1.82, 2.24) is 4.98 Å². The second-order valence-electron chi connectivity index (χ2n) is 3.95. The fourth-order valence-electron chi connectivity index (χ4n) is 1.65. The second kappa shape index (κ2) is 5.83. The van der Waals surface area contributed by atoms with Crippen molar-refractivity contribution >= 4 is 0 Å². The van der Waals surface area contributed by atoms with Crippen LogP contribution in [0.4, 0.5) is 0 Å². The van der Waals surface area contributed by atoms with Gasteiger partial charge >= 0.3 is 0 Å². The van der Waals surface area contributed by atoms with Crippen molar-refractivity contribution in [3.05, 3.63) is 59.4 Å². The first-order valence-electron chi connectivity index (χ1n) is 5.88. The first kappa shape index (κ1) is 12.1. The topological polar surface area (TPSA) is 45.9 Å². The first-order valence-corrected chi connectivity index (χ1v) is 5.88. The number of hydrogen-bond donors (Lipinski definition) is 0. The highest BCUT2D eigenvalue weighted by molar-refractivity contribution is 5.29. The van der Waals surface area contributed by atoms with Crippen molar-refractivity contribution < 1.29 is 4.74 Å². The van der Waals surface area contributed by atoms with E-state index in [0.29, 0.717) is 12.3 Å². The van der Waals surface area contributed by atoms with E-state index in [-0.39, 0.29) is 0 Å². The third kappa shape index (κ3) is 3.08. The van der Waals surface area contributed by atoms with Gasteiger partial charge in [0.25, 0.3) is 0 Å². The lowest BCUT2D eigenvalue weighted by Gasteiger charge is -2.07. The van der Waals surface area contributed by atoms with Gasteiger partial charge in [0.1, 0.15) is 24.1 Å². The minimum atomic E-state index is 0.415. The van der Waals surface area contributed by atoms with E-state index in [4.69, 9.17) is 10.00 Å². The Morgan fingerprint density at radius 2 is 2.11 bits per heavy atom. The van der Waals surface area contributed by atoms with Crippen molar-refractivity contribution in [2.45, 2.75) is 20.0 Å². The first-order chi connectivity index (χ1) is 8.81. The molecule has 18 heavy (non-hydrogen) atoms. The zero-order chi connectivity index (χ0) is 12.8. The number of rotatable bonds is 4. The average Bonchev–Trinajstić information content (AvgIpc) is 2.45. The zero-order valence-corrected chi connectivity index (χ0v) is 10.3. The monoisotopic (exact) mass is 238 g/mol. The molecule has 1 heterocycles.